The van der Waals surface area contributed by atoms with Crippen molar-refractivity contribution in [3.63, 3.8) is 0 Å². The Morgan fingerprint density at radius 1 is 1.53 bits per heavy atom. The van der Waals surface area contributed by atoms with Crippen LogP contribution in [-0.4, -0.2) is 28.3 Å². The number of aryl methyl sites for hydroxylation is 1. The number of imidazole rings is 1. The molecule has 100 valence electrons. The zero-order valence-corrected chi connectivity index (χ0v) is 11.6. The van der Waals surface area contributed by atoms with Gasteiger partial charge < -0.3 is 9.30 Å². The summed E-state index contributed by atoms with van der Waals surface area (Å²) in [6.45, 7) is 0. The molecule has 1 aromatic carbocycles. The second-order valence-corrected chi connectivity index (χ2v) is 4.93. The third-order valence-corrected chi connectivity index (χ3v) is 3.48. The molecule has 1 aromatic heterocycles. The standard InChI is InChI=1S/C13H15N3O2S/c1-16-7-6-14-13(16)15-12(17)9-19-11-5-3-4-10(8-11)18-2/h3-8H,9H2,1-2H3,(H,14,15,17). The van der Waals surface area contributed by atoms with Gasteiger partial charge in [-0.2, -0.15) is 0 Å². The molecule has 19 heavy (non-hydrogen) atoms. The molecule has 0 unspecified atom stereocenters. The normalized spacial score (nSPS) is 10.2. The van der Waals surface area contributed by atoms with Crippen molar-refractivity contribution in [2.75, 3.05) is 18.2 Å². The Balaban J connectivity index is 1.88. The van der Waals surface area contributed by atoms with Crippen molar-refractivity contribution in [1.82, 2.24) is 9.55 Å². The Bertz CT molecular complexity index is 569. The van der Waals surface area contributed by atoms with E-state index in [1.807, 2.05) is 31.3 Å². The number of anilines is 1. The second kappa shape index (κ2) is 6.29. The van der Waals surface area contributed by atoms with E-state index in [9.17, 15) is 4.79 Å². The van der Waals surface area contributed by atoms with Gasteiger partial charge in [-0.05, 0) is 18.2 Å². The summed E-state index contributed by atoms with van der Waals surface area (Å²) in [5, 5.41) is 2.75. The summed E-state index contributed by atoms with van der Waals surface area (Å²) in [5.74, 6) is 1.59. The van der Waals surface area contributed by atoms with Crippen molar-refractivity contribution < 1.29 is 9.53 Å². The van der Waals surface area contributed by atoms with E-state index in [2.05, 4.69) is 10.3 Å². The Morgan fingerprint density at radius 3 is 3.05 bits per heavy atom. The largest absolute Gasteiger partial charge is 0.497 e. The van der Waals surface area contributed by atoms with Gasteiger partial charge in [0.05, 0.1) is 12.9 Å². The fourth-order valence-electron chi connectivity index (χ4n) is 1.49. The lowest BCUT2D eigenvalue weighted by Gasteiger charge is -2.06. The summed E-state index contributed by atoms with van der Waals surface area (Å²) in [5.41, 5.74) is 0. The molecule has 1 heterocycles. The van der Waals surface area contributed by atoms with Gasteiger partial charge in [0.1, 0.15) is 5.75 Å². The molecule has 2 aromatic rings. The Labute approximate surface area is 116 Å². The Hall–Kier alpha value is -1.95. The topological polar surface area (TPSA) is 56.1 Å². The van der Waals surface area contributed by atoms with E-state index < -0.39 is 0 Å². The van der Waals surface area contributed by atoms with E-state index in [1.165, 1.54) is 11.8 Å². The van der Waals surface area contributed by atoms with E-state index in [4.69, 9.17) is 4.74 Å². The lowest BCUT2D eigenvalue weighted by molar-refractivity contribution is -0.113. The van der Waals surface area contributed by atoms with E-state index in [0.717, 1.165) is 10.6 Å². The number of hydrogen-bond donors (Lipinski definition) is 1. The number of nitrogens with one attached hydrogen (secondary N) is 1. The van der Waals surface area contributed by atoms with E-state index in [0.29, 0.717) is 11.7 Å². The van der Waals surface area contributed by atoms with Gasteiger partial charge in [-0.3, -0.25) is 10.1 Å². The number of hydrogen-bond acceptors (Lipinski definition) is 4. The highest BCUT2D eigenvalue weighted by atomic mass is 32.2. The number of aromatic nitrogens is 2. The van der Waals surface area contributed by atoms with Gasteiger partial charge in [0, 0.05) is 24.3 Å². The number of rotatable bonds is 5. The van der Waals surface area contributed by atoms with Crippen LogP contribution < -0.4 is 10.1 Å². The molecule has 5 nitrogen and oxygen atoms in total. The molecule has 0 atom stereocenters. The van der Waals surface area contributed by atoms with Gasteiger partial charge in [0.2, 0.25) is 11.9 Å². The Morgan fingerprint density at radius 2 is 2.37 bits per heavy atom. The van der Waals surface area contributed by atoms with Crippen molar-refractivity contribution in [1.29, 1.82) is 0 Å². The van der Waals surface area contributed by atoms with Crippen molar-refractivity contribution >= 4 is 23.6 Å². The SMILES string of the molecule is COc1cccc(SCC(=O)Nc2nccn2C)c1. The fourth-order valence-corrected chi connectivity index (χ4v) is 2.23. The molecule has 1 amide bonds. The molecule has 2 rings (SSSR count). The lowest BCUT2D eigenvalue weighted by Crippen LogP contribution is -2.16. The van der Waals surface area contributed by atoms with Crippen molar-refractivity contribution in [3.8, 4) is 5.75 Å². The minimum atomic E-state index is -0.0814. The zero-order valence-electron chi connectivity index (χ0n) is 10.8. The summed E-state index contributed by atoms with van der Waals surface area (Å²) in [6.07, 6.45) is 3.43. The third-order valence-electron chi connectivity index (χ3n) is 2.48. The average Bonchev–Trinajstić information content (AvgIpc) is 2.82. The number of amides is 1. The van der Waals surface area contributed by atoms with Crippen LogP contribution in [0.2, 0.25) is 0 Å². The van der Waals surface area contributed by atoms with Gasteiger partial charge in [-0.1, -0.05) is 6.07 Å². The average molecular weight is 277 g/mol. The molecule has 0 radical (unpaired) electrons. The van der Waals surface area contributed by atoms with E-state index in [-0.39, 0.29) is 5.91 Å². The number of benzene rings is 1. The first-order valence-electron chi connectivity index (χ1n) is 5.73. The van der Waals surface area contributed by atoms with E-state index >= 15 is 0 Å². The van der Waals surface area contributed by atoms with Crippen LogP contribution in [0.4, 0.5) is 5.95 Å². The highest BCUT2D eigenvalue weighted by Crippen LogP contribution is 2.22. The van der Waals surface area contributed by atoms with Crippen LogP contribution in [-0.2, 0) is 11.8 Å². The third kappa shape index (κ3) is 3.75. The summed E-state index contributed by atoms with van der Waals surface area (Å²) in [7, 11) is 3.45. The summed E-state index contributed by atoms with van der Waals surface area (Å²) >= 11 is 1.46. The molecule has 0 aliphatic rings. The smallest absolute Gasteiger partial charge is 0.237 e. The fraction of sp³-hybridized carbons (Fsp3) is 0.231. The maximum absolute atomic E-state index is 11.8. The predicted molar refractivity (Wildman–Crippen MR) is 75.6 cm³/mol. The molecule has 0 saturated carbocycles. The summed E-state index contributed by atoms with van der Waals surface area (Å²) < 4.78 is 6.89. The van der Waals surface area contributed by atoms with Crippen molar-refractivity contribution in [2.45, 2.75) is 4.90 Å². The van der Waals surface area contributed by atoms with Gasteiger partial charge >= 0.3 is 0 Å². The molecular weight excluding hydrogens is 262 g/mol. The maximum Gasteiger partial charge on any atom is 0.237 e. The summed E-state index contributed by atoms with van der Waals surface area (Å²) in [4.78, 5) is 16.8. The second-order valence-electron chi connectivity index (χ2n) is 3.88. The molecule has 0 aliphatic heterocycles. The monoisotopic (exact) mass is 277 g/mol. The maximum atomic E-state index is 11.8. The highest BCUT2D eigenvalue weighted by Gasteiger charge is 2.06. The van der Waals surface area contributed by atoms with E-state index in [1.54, 1.807) is 24.1 Å². The number of ether oxygens (including phenoxy) is 1. The van der Waals surface area contributed by atoms with Crippen molar-refractivity contribution in [2.24, 2.45) is 7.05 Å². The molecule has 0 saturated heterocycles. The van der Waals surface area contributed by atoms with Gasteiger partial charge in [-0.15, -0.1) is 11.8 Å². The molecule has 0 spiro atoms. The van der Waals surface area contributed by atoms with Gasteiger partial charge in [-0.25, -0.2) is 4.98 Å². The van der Waals surface area contributed by atoms with Gasteiger partial charge in [0.25, 0.3) is 0 Å². The number of thioether (sulfide) groups is 1. The minimum absolute atomic E-state index is 0.0814. The number of carbonyl (C=O) groups is 1. The van der Waals surface area contributed by atoms with Crippen LogP contribution in [0.1, 0.15) is 0 Å². The predicted octanol–water partition coefficient (Wildman–Crippen LogP) is 2.16. The lowest BCUT2D eigenvalue weighted by atomic mass is 10.3. The molecule has 0 fully saturated rings. The first-order chi connectivity index (χ1) is 9.19. The quantitative estimate of drug-likeness (QED) is 0.851. The summed E-state index contributed by atoms with van der Waals surface area (Å²) in [6, 6.07) is 7.62. The van der Waals surface area contributed by atoms with Crippen LogP contribution in [0.5, 0.6) is 5.75 Å². The van der Waals surface area contributed by atoms with Crippen LogP contribution in [0.3, 0.4) is 0 Å². The highest BCUT2D eigenvalue weighted by molar-refractivity contribution is 8.00. The molecule has 1 N–H and O–H groups in total. The molecule has 0 bridgehead atoms. The zero-order chi connectivity index (χ0) is 13.7. The first kappa shape index (κ1) is 13.5. The molecular formula is C13H15N3O2S. The van der Waals surface area contributed by atoms with Crippen LogP contribution >= 0.6 is 11.8 Å². The number of nitrogens with zero attached hydrogens (tertiary/aromatic N) is 2. The van der Waals surface area contributed by atoms with Crippen LogP contribution in [0.25, 0.3) is 0 Å². The first-order valence-corrected chi connectivity index (χ1v) is 6.71. The Kier molecular flexibility index (Phi) is 4.46. The number of carbonyl (C=O) groups excluding carboxylic acids is 1. The molecule has 0 aliphatic carbocycles. The van der Waals surface area contributed by atoms with Crippen molar-refractivity contribution in [3.05, 3.63) is 36.7 Å². The van der Waals surface area contributed by atoms with Gasteiger partial charge in [0.15, 0.2) is 0 Å². The minimum Gasteiger partial charge on any atom is -0.497 e. The van der Waals surface area contributed by atoms with Crippen LogP contribution in [0.15, 0.2) is 41.6 Å². The van der Waals surface area contributed by atoms with Crippen LogP contribution in [0, 0.1) is 0 Å². The number of methoxy groups -OCH3 is 1. The molecule has 6 heteroatoms.